The highest BCUT2D eigenvalue weighted by Crippen LogP contribution is 2.15. The Balaban J connectivity index is 2.12. The number of halogens is 1. The Hall–Kier alpha value is -1.24. The van der Waals surface area contributed by atoms with Gasteiger partial charge in [0.05, 0.1) is 17.6 Å². The van der Waals surface area contributed by atoms with E-state index in [4.69, 9.17) is 17.0 Å². The summed E-state index contributed by atoms with van der Waals surface area (Å²) in [5.41, 5.74) is 1.68. The predicted octanol–water partition coefficient (Wildman–Crippen LogP) is 2.42. The van der Waals surface area contributed by atoms with Gasteiger partial charge in [0.15, 0.2) is 4.77 Å². The third kappa shape index (κ3) is 3.40. The first-order valence-corrected chi connectivity index (χ1v) is 6.58. The number of nitrogens with zero attached hydrogens (tertiary/aromatic N) is 2. The van der Waals surface area contributed by atoms with Crippen molar-refractivity contribution in [3.63, 3.8) is 0 Å². The maximum absolute atomic E-state index is 13.1. The smallest absolute Gasteiger partial charge is 0.178 e. The molecular weight excluding hydrogens is 265 g/mol. The van der Waals surface area contributed by atoms with Gasteiger partial charge in [0.2, 0.25) is 0 Å². The molecule has 0 atom stereocenters. The van der Waals surface area contributed by atoms with Gasteiger partial charge >= 0.3 is 0 Å². The fraction of sp³-hybridized carbons (Fsp3) is 0.462. The van der Waals surface area contributed by atoms with Crippen molar-refractivity contribution < 1.29 is 9.13 Å². The molecule has 0 unspecified atom stereocenters. The zero-order valence-corrected chi connectivity index (χ0v) is 12.0. The first-order valence-electron chi connectivity index (χ1n) is 6.17. The summed E-state index contributed by atoms with van der Waals surface area (Å²) >= 11 is 5.28. The fourth-order valence-corrected chi connectivity index (χ4v) is 2.29. The molecule has 0 amide bonds. The SMILES string of the molecule is COCCN(C)CCn1c(=S)[nH]c2cc(F)ccc21. The fourth-order valence-electron chi connectivity index (χ4n) is 1.99. The molecule has 104 valence electrons. The van der Waals surface area contributed by atoms with E-state index in [-0.39, 0.29) is 5.82 Å². The summed E-state index contributed by atoms with van der Waals surface area (Å²) in [6.45, 7) is 3.22. The molecule has 0 aliphatic heterocycles. The van der Waals surface area contributed by atoms with Gasteiger partial charge in [-0.1, -0.05) is 0 Å². The van der Waals surface area contributed by atoms with Crippen LogP contribution in [0.15, 0.2) is 18.2 Å². The minimum Gasteiger partial charge on any atom is -0.383 e. The summed E-state index contributed by atoms with van der Waals surface area (Å²) in [7, 11) is 3.73. The molecule has 6 heteroatoms. The van der Waals surface area contributed by atoms with Crippen molar-refractivity contribution in [1.82, 2.24) is 14.5 Å². The van der Waals surface area contributed by atoms with Crippen LogP contribution in [0.4, 0.5) is 4.39 Å². The van der Waals surface area contributed by atoms with Gasteiger partial charge in [-0.05, 0) is 37.5 Å². The van der Waals surface area contributed by atoms with Crippen molar-refractivity contribution in [3.05, 3.63) is 28.8 Å². The second-order valence-corrected chi connectivity index (χ2v) is 4.93. The van der Waals surface area contributed by atoms with Crippen molar-refractivity contribution in [2.75, 3.05) is 33.9 Å². The number of H-pyrrole nitrogens is 1. The lowest BCUT2D eigenvalue weighted by atomic mass is 10.3. The van der Waals surface area contributed by atoms with Crippen LogP contribution in [0.3, 0.4) is 0 Å². The molecule has 0 aliphatic rings. The number of imidazole rings is 1. The molecule has 1 aromatic carbocycles. The summed E-state index contributed by atoms with van der Waals surface area (Å²) in [6.07, 6.45) is 0. The van der Waals surface area contributed by atoms with Gasteiger partial charge in [-0.2, -0.15) is 0 Å². The van der Waals surface area contributed by atoms with Crippen molar-refractivity contribution in [2.24, 2.45) is 0 Å². The molecule has 0 spiro atoms. The third-order valence-electron chi connectivity index (χ3n) is 3.12. The second kappa shape index (κ2) is 6.27. The molecule has 2 aromatic rings. The van der Waals surface area contributed by atoms with E-state index in [1.807, 2.05) is 11.6 Å². The van der Waals surface area contributed by atoms with Crippen molar-refractivity contribution in [3.8, 4) is 0 Å². The van der Waals surface area contributed by atoms with E-state index in [0.29, 0.717) is 11.4 Å². The molecule has 0 saturated carbocycles. The number of hydrogen-bond acceptors (Lipinski definition) is 3. The van der Waals surface area contributed by atoms with Crippen LogP contribution in [0.1, 0.15) is 0 Å². The predicted molar refractivity (Wildman–Crippen MR) is 76.5 cm³/mol. The number of ether oxygens (including phenoxy) is 1. The lowest BCUT2D eigenvalue weighted by molar-refractivity contribution is 0.159. The lowest BCUT2D eigenvalue weighted by Crippen LogP contribution is -2.26. The molecule has 2 rings (SSSR count). The number of likely N-dealkylation sites (N-methyl/N-ethyl adjacent to an activating group) is 1. The van der Waals surface area contributed by atoms with E-state index >= 15 is 0 Å². The number of benzene rings is 1. The third-order valence-corrected chi connectivity index (χ3v) is 3.44. The minimum atomic E-state index is -0.256. The highest BCUT2D eigenvalue weighted by molar-refractivity contribution is 7.71. The van der Waals surface area contributed by atoms with E-state index in [9.17, 15) is 4.39 Å². The normalized spacial score (nSPS) is 11.6. The molecule has 0 radical (unpaired) electrons. The first-order chi connectivity index (χ1) is 9.11. The molecule has 1 N–H and O–H groups in total. The van der Waals surface area contributed by atoms with Crippen LogP contribution in [0.5, 0.6) is 0 Å². The summed E-state index contributed by atoms with van der Waals surface area (Å²) in [5.74, 6) is -0.256. The van der Waals surface area contributed by atoms with Crippen molar-refractivity contribution >= 4 is 23.3 Å². The Morgan fingerprint density at radius 2 is 2.21 bits per heavy atom. The maximum Gasteiger partial charge on any atom is 0.178 e. The number of nitrogens with one attached hydrogen (secondary N) is 1. The Morgan fingerprint density at radius 1 is 1.42 bits per heavy atom. The number of aromatic amines is 1. The van der Waals surface area contributed by atoms with Gasteiger partial charge in [-0.15, -0.1) is 0 Å². The number of fused-ring (bicyclic) bond motifs is 1. The van der Waals surface area contributed by atoms with Crippen LogP contribution in [0.2, 0.25) is 0 Å². The number of aromatic nitrogens is 2. The largest absolute Gasteiger partial charge is 0.383 e. The molecule has 1 heterocycles. The van der Waals surface area contributed by atoms with Gasteiger partial charge in [0.1, 0.15) is 5.82 Å². The summed E-state index contributed by atoms with van der Waals surface area (Å²) in [5, 5.41) is 0. The van der Waals surface area contributed by atoms with E-state index < -0.39 is 0 Å². The molecule has 0 bridgehead atoms. The zero-order chi connectivity index (χ0) is 13.8. The van der Waals surface area contributed by atoms with Crippen LogP contribution < -0.4 is 0 Å². The van der Waals surface area contributed by atoms with Gasteiger partial charge in [-0.25, -0.2) is 4.39 Å². The van der Waals surface area contributed by atoms with E-state index in [2.05, 4.69) is 9.88 Å². The van der Waals surface area contributed by atoms with E-state index in [1.54, 1.807) is 13.2 Å². The molecule has 0 aliphatic carbocycles. The Labute approximate surface area is 116 Å². The molecule has 4 nitrogen and oxygen atoms in total. The topological polar surface area (TPSA) is 33.2 Å². The van der Waals surface area contributed by atoms with Gasteiger partial charge < -0.3 is 19.2 Å². The monoisotopic (exact) mass is 283 g/mol. The standard InChI is InChI=1S/C13H18FN3OS/c1-16(7-8-18-2)5-6-17-12-4-3-10(14)9-11(12)15-13(17)19/h3-4,9H,5-8H2,1-2H3,(H,15,19). The Bertz CT molecular complexity index is 607. The second-order valence-electron chi connectivity index (χ2n) is 4.54. The summed E-state index contributed by atoms with van der Waals surface area (Å²) in [6, 6.07) is 4.68. The van der Waals surface area contributed by atoms with Crippen molar-refractivity contribution in [1.29, 1.82) is 0 Å². The molecule has 1 aromatic heterocycles. The van der Waals surface area contributed by atoms with Gasteiger partial charge in [0.25, 0.3) is 0 Å². The zero-order valence-electron chi connectivity index (χ0n) is 11.1. The highest BCUT2D eigenvalue weighted by Gasteiger charge is 2.06. The Morgan fingerprint density at radius 3 is 2.95 bits per heavy atom. The van der Waals surface area contributed by atoms with E-state index in [0.717, 1.165) is 30.7 Å². The van der Waals surface area contributed by atoms with Gasteiger partial charge in [-0.3, -0.25) is 0 Å². The van der Waals surface area contributed by atoms with Crippen LogP contribution in [0, 0.1) is 10.6 Å². The van der Waals surface area contributed by atoms with Crippen LogP contribution >= 0.6 is 12.2 Å². The first kappa shape index (κ1) is 14.2. The van der Waals surface area contributed by atoms with Crippen LogP contribution in [-0.2, 0) is 11.3 Å². The average Bonchev–Trinajstić information content (AvgIpc) is 2.68. The average molecular weight is 283 g/mol. The maximum atomic E-state index is 13.1. The molecule has 0 saturated heterocycles. The number of hydrogen-bond donors (Lipinski definition) is 1. The van der Waals surface area contributed by atoms with E-state index in [1.165, 1.54) is 12.1 Å². The van der Waals surface area contributed by atoms with Gasteiger partial charge in [0, 0.05) is 26.7 Å². The van der Waals surface area contributed by atoms with Crippen molar-refractivity contribution in [2.45, 2.75) is 6.54 Å². The number of methoxy groups -OCH3 is 1. The Kier molecular flexibility index (Phi) is 4.68. The highest BCUT2D eigenvalue weighted by atomic mass is 32.1. The molecule has 19 heavy (non-hydrogen) atoms. The minimum absolute atomic E-state index is 0.256. The summed E-state index contributed by atoms with van der Waals surface area (Å²) < 4.78 is 20.8. The van der Waals surface area contributed by atoms with Crippen LogP contribution in [-0.4, -0.2) is 48.3 Å². The van der Waals surface area contributed by atoms with Crippen LogP contribution in [0.25, 0.3) is 11.0 Å². The summed E-state index contributed by atoms with van der Waals surface area (Å²) in [4.78, 5) is 5.20. The quantitative estimate of drug-likeness (QED) is 0.827. The molecular formula is C13H18FN3OS. The lowest BCUT2D eigenvalue weighted by Gasteiger charge is -2.16. The number of rotatable bonds is 6. The molecule has 0 fully saturated rings.